The second-order valence-electron chi connectivity index (χ2n) is 4.79. The second-order valence-corrected chi connectivity index (χ2v) is 4.79. The van der Waals surface area contributed by atoms with E-state index in [1.165, 1.54) is 12.3 Å². The number of pyridine rings is 1. The van der Waals surface area contributed by atoms with Crippen molar-refractivity contribution in [3.63, 3.8) is 0 Å². The molecule has 2 aromatic heterocycles. The van der Waals surface area contributed by atoms with Gasteiger partial charge >= 0.3 is 0 Å². The fourth-order valence-corrected chi connectivity index (χ4v) is 1.90. The van der Waals surface area contributed by atoms with Crippen molar-refractivity contribution < 1.29 is 18.7 Å². The molecule has 0 spiro atoms. The first-order chi connectivity index (χ1) is 11.1. The first kappa shape index (κ1) is 16.5. The Morgan fingerprint density at radius 2 is 2.17 bits per heavy atom. The number of aromatic nitrogens is 1. The van der Waals surface area contributed by atoms with E-state index in [0.29, 0.717) is 12.5 Å². The Kier molecular flexibility index (Phi) is 5.74. The van der Waals surface area contributed by atoms with Gasteiger partial charge in [-0.2, -0.15) is 0 Å². The van der Waals surface area contributed by atoms with Crippen molar-refractivity contribution in [1.29, 1.82) is 0 Å². The van der Waals surface area contributed by atoms with Gasteiger partial charge in [-0.1, -0.05) is 6.07 Å². The number of carbonyl (C=O) groups excluding carboxylic acids is 2. The fourth-order valence-electron chi connectivity index (χ4n) is 1.90. The van der Waals surface area contributed by atoms with Gasteiger partial charge in [0, 0.05) is 18.3 Å². The molecule has 2 aromatic rings. The van der Waals surface area contributed by atoms with E-state index in [0.717, 1.165) is 5.56 Å². The number of ether oxygens (including phenoxy) is 1. The van der Waals surface area contributed by atoms with Gasteiger partial charge in [-0.05, 0) is 32.0 Å². The van der Waals surface area contributed by atoms with Crippen LogP contribution in [0.4, 0.5) is 0 Å². The number of nitrogens with one attached hydrogen (secondary N) is 2. The van der Waals surface area contributed by atoms with Gasteiger partial charge in [0.1, 0.15) is 6.04 Å². The molecule has 0 aliphatic heterocycles. The minimum Gasteiger partial charge on any atom is -0.478 e. The molecule has 7 heteroatoms. The second kappa shape index (κ2) is 7.98. The zero-order valence-electron chi connectivity index (χ0n) is 13.0. The van der Waals surface area contributed by atoms with Gasteiger partial charge in [0.15, 0.2) is 5.76 Å². The molecule has 0 saturated carbocycles. The highest BCUT2D eigenvalue weighted by Crippen LogP contribution is 2.13. The number of carbonyl (C=O) groups is 2. The monoisotopic (exact) mass is 317 g/mol. The summed E-state index contributed by atoms with van der Waals surface area (Å²) < 4.78 is 10.4. The summed E-state index contributed by atoms with van der Waals surface area (Å²) in [5.74, 6) is -0.0941. The smallest absolute Gasteiger partial charge is 0.287 e. The lowest BCUT2D eigenvalue weighted by molar-refractivity contribution is -0.122. The van der Waals surface area contributed by atoms with Gasteiger partial charge in [-0.3, -0.25) is 9.59 Å². The third kappa shape index (κ3) is 4.57. The molecule has 0 bridgehead atoms. The van der Waals surface area contributed by atoms with Crippen molar-refractivity contribution in [3.05, 3.63) is 48.0 Å². The molecule has 0 saturated heterocycles. The van der Waals surface area contributed by atoms with Crippen LogP contribution in [0, 0.1) is 0 Å². The van der Waals surface area contributed by atoms with Gasteiger partial charge < -0.3 is 19.8 Å². The summed E-state index contributed by atoms with van der Waals surface area (Å²) in [5, 5.41) is 5.31. The number of amides is 2. The van der Waals surface area contributed by atoms with E-state index in [-0.39, 0.29) is 18.2 Å². The van der Waals surface area contributed by atoms with Crippen LogP contribution in [0.2, 0.25) is 0 Å². The molecule has 0 aliphatic carbocycles. The highest BCUT2D eigenvalue weighted by Gasteiger charge is 2.18. The predicted octanol–water partition coefficient (Wildman–Crippen LogP) is 1.51. The van der Waals surface area contributed by atoms with Gasteiger partial charge in [-0.15, -0.1) is 0 Å². The van der Waals surface area contributed by atoms with Crippen molar-refractivity contribution >= 4 is 11.8 Å². The van der Waals surface area contributed by atoms with Crippen LogP contribution in [0.3, 0.4) is 0 Å². The van der Waals surface area contributed by atoms with Gasteiger partial charge in [0.25, 0.3) is 5.91 Å². The summed E-state index contributed by atoms with van der Waals surface area (Å²) in [4.78, 5) is 28.0. The van der Waals surface area contributed by atoms with Crippen LogP contribution in [0.25, 0.3) is 0 Å². The molecule has 122 valence electrons. The highest BCUT2D eigenvalue weighted by molar-refractivity contribution is 5.95. The van der Waals surface area contributed by atoms with Gasteiger partial charge in [-0.25, -0.2) is 4.98 Å². The molecule has 7 nitrogen and oxygen atoms in total. The van der Waals surface area contributed by atoms with E-state index >= 15 is 0 Å². The minimum absolute atomic E-state index is 0.163. The predicted molar refractivity (Wildman–Crippen MR) is 82.9 cm³/mol. The van der Waals surface area contributed by atoms with E-state index in [1.807, 2.05) is 13.0 Å². The third-order valence-corrected chi connectivity index (χ3v) is 3.07. The molecule has 23 heavy (non-hydrogen) atoms. The van der Waals surface area contributed by atoms with Crippen LogP contribution in [0.1, 0.15) is 30.0 Å². The summed E-state index contributed by atoms with van der Waals surface area (Å²) >= 11 is 0. The average molecular weight is 317 g/mol. The van der Waals surface area contributed by atoms with Gasteiger partial charge in [0.05, 0.1) is 12.9 Å². The zero-order valence-corrected chi connectivity index (χ0v) is 13.0. The number of furan rings is 1. The third-order valence-electron chi connectivity index (χ3n) is 3.07. The molecular weight excluding hydrogens is 298 g/mol. The van der Waals surface area contributed by atoms with E-state index in [4.69, 9.17) is 9.15 Å². The minimum atomic E-state index is -0.695. The lowest BCUT2D eigenvalue weighted by Gasteiger charge is -2.14. The summed E-state index contributed by atoms with van der Waals surface area (Å²) in [6.45, 7) is 4.22. The van der Waals surface area contributed by atoms with E-state index in [1.54, 1.807) is 25.3 Å². The molecule has 2 rings (SSSR count). The molecule has 1 unspecified atom stereocenters. The van der Waals surface area contributed by atoms with Gasteiger partial charge in [0.2, 0.25) is 11.8 Å². The van der Waals surface area contributed by atoms with E-state index < -0.39 is 11.9 Å². The van der Waals surface area contributed by atoms with Crippen LogP contribution in [-0.4, -0.2) is 29.4 Å². The number of hydrogen-bond donors (Lipinski definition) is 2. The molecule has 0 aromatic carbocycles. The Hall–Kier alpha value is -2.83. The topological polar surface area (TPSA) is 93.5 Å². The average Bonchev–Trinajstić information content (AvgIpc) is 3.08. The normalized spacial score (nSPS) is 11.6. The largest absolute Gasteiger partial charge is 0.478 e. The Balaban J connectivity index is 1.88. The molecule has 0 radical (unpaired) electrons. The Morgan fingerprint density at radius 1 is 1.35 bits per heavy atom. The Morgan fingerprint density at radius 3 is 2.87 bits per heavy atom. The maximum Gasteiger partial charge on any atom is 0.287 e. The summed E-state index contributed by atoms with van der Waals surface area (Å²) in [6, 6.07) is 6.04. The number of rotatable bonds is 7. The number of hydrogen-bond acceptors (Lipinski definition) is 5. The fraction of sp³-hybridized carbons (Fsp3) is 0.312. The Bertz CT molecular complexity index is 655. The summed E-state index contributed by atoms with van der Waals surface area (Å²) in [5.41, 5.74) is 0.771. The summed E-state index contributed by atoms with van der Waals surface area (Å²) in [7, 11) is 0. The van der Waals surface area contributed by atoms with Crippen LogP contribution in [-0.2, 0) is 11.3 Å². The van der Waals surface area contributed by atoms with Crippen LogP contribution in [0.5, 0.6) is 5.88 Å². The highest BCUT2D eigenvalue weighted by atomic mass is 16.5. The van der Waals surface area contributed by atoms with E-state index in [9.17, 15) is 9.59 Å². The van der Waals surface area contributed by atoms with Crippen molar-refractivity contribution in [3.8, 4) is 5.88 Å². The molecule has 0 fully saturated rings. The molecule has 2 amide bonds. The lowest BCUT2D eigenvalue weighted by Crippen LogP contribution is -2.44. The molecule has 1 atom stereocenters. The van der Waals surface area contributed by atoms with Crippen LogP contribution >= 0.6 is 0 Å². The van der Waals surface area contributed by atoms with Crippen molar-refractivity contribution in [1.82, 2.24) is 15.6 Å². The van der Waals surface area contributed by atoms with Crippen LogP contribution in [0.15, 0.2) is 41.1 Å². The molecule has 2 heterocycles. The van der Waals surface area contributed by atoms with Crippen LogP contribution < -0.4 is 15.4 Å². The lowest BCUT2D eigenvalue weighted by atomic mass is 10.2. The standard InChI is InChI=1S/C16H19N3O4/c1-3-22-16-12(6-4-8-17-16)10-18-14(20)11(2)19-15(21)13-7-5-9-23-13/h4-9,11H,3,10H2,1-2H3,(H,18,20)(H,19,21). The molecule has 2 N–H and O–H groups in total. The SMILES string of the molecule is CCOc1ncccc1CNC(=O)C(C)NC(=O)c1ccco1. The molecule has 0 aliphatic rings. The maximum absolute atomic E-state index is 12.1. The van der Waals surface area contributed by atoms with Crippen molar-refractivity contribution in [2.75, 3.05) is 6.61 Å². The first-order valence-corrected chi connectivity index (χ1v) is 7.30. The quantitative estimate of drug-likeness (QED) is 0.807. The summed E-state index contributed by atoms with van der Waals surface area (Å²) in [6.07, 6.45) is 3.03. The van der Waals surface area contributed by atoms with E-state index in [2.05, 4.69) is 15.6 Å². The van der Waals surface area contributed by atoms with Crippen molar-refractivity contribution in [2.45, 2.75) is 26.4 Å². The maximum atomic E-state index is 12.1. The molecular formula is C16H19N3O4. The first-order valence-electron chi connectivity index (χ1n) is 7.30. The number of nitrogens with zero attached hydrogens (tertiary/aromatic N) is 1. The Labute approximate surface area is 134 Å². The van der Waals surface area contributed by atoms with Crippen molar-refractivity contribution in [2.24, 2.45) is 0 Å². The zero-order chi connectivity index (χ0) is 16.7.